The number of carbonyl (C=O) groups excluding carboxylic acids is 1. The summed E-state index contributed by atoms with van der Waals surface area (Å²) >= 11 is 1.72. The lowest BCUT2D eigenvalue weighted by Crippen LogP contribution is -2.33. The maximum atomic E-state index is 13.1. The maximum absolute atomic E-state index is 13.1. The molecule has 26 heavy (non-hydrogen) atoms. The predicted octanol–water partition coefficient (Wildman–Crippen LogP) is 3.85. The number of benzene rings is 1. The van der Waals surface area contributed by atoms with Gasteiger partial charge in [-0.3, -0.25) is 4.79 Å². The Bertz CT molecular complexity index is 854. The molecule has 0 saturated heterocycles. The lowest BCUT2D eigenvalue weighted by atomic mass is 10.1. The molecular formula is C21H24N2O2S. The summed E-state index contributed by atoms with van der Waals surface area (Å²) in [6.07, 6.45) is 0. The van der Waals surface area contributed by atoms with Crippen LogP contribution >= 0.6 is 11.3 Å². The van der Waals surface area contributed by atoms with E-state index >= 15 is 0 Å². The zero-order valence-corrected chi connectivity index (χ0v) is 16.0. The Morgan fingerprint density at radius 3 is 2.58 bits per heavy atom. The van der Waals surface area contributed by atoms with Gasteiger partial charge in [-0.25, -0.2) is 0 Å². The first-order valence-electron chi connectivity index (χ1n) is 8.73. The number of hydrogen-bond donors (Lipinski definition) is 1. The molecular weight excluding hydrogens is 344 g/mol. The molecule has 0 aliphatic carbocycles. The minimum Gasteiger partial charge on any atom is -0.395 e. The average molecular weight is 369 g/mol. The van der Waals surface area contributed by atoms with Crippen molar-refractivity contribution in [3.8, 4) is 0 Å². The van der Waals surface area contributed by atoms with E-state index in [0.29, 0.717) is 18.7 Å². The Morgan fingerprint density at radius 1 is 1.15 bits per heavy atom. The SMILES string of the molecule is Cc1cc(C(=O)N(CCO)Cc2ccccc2)c(C)n1Cc1cccs1. The van der Waals surface area contributed by atoms with Crippen molar-refractivity contribution >= 4 is 17.2 Å². The molecule has 2 aromatic heterocycles. The minimum absolute atomic E-state index is 0.0339. The largest absolute Gasteiger partial charge is 0.395 e. The van der Waals surface area contributed by atoms with Gasteiger partial charge in [-0.1, -0.05) is 36.4 Å². The van der Waals surface area contributed by atoms with E-state index in [1.54, 1.807) is 16.2 Å². The lowest BCUT2D eigenvalue weighted by Gasteiger charge is -2.22. The highest BCUT2D eigenvalue weighted by atomic mass is 32.1. The summed E-state index contributed by atoms with van der Waals surface area (Å²) < 4.78 is 2.18. The molecule has 1 amide bonds. The summed E-state index contributed by atoms with van der Waals surface area (Å²) in [5.74, 6) is -0.0339. The molecule has 136 valence electrons. The third-order valence-corrected chi connectivity index (χ3v) is 5.43. The second kappa shape index (κ2) is 8.34. The molecule has 0 radical (unpaired) electrons. The van der Waals surface area contributed by atoms with Crippen LogP contribution in [0.25, 0.3) is 0 Å². The van der Waals surface area contributed by atoms with E-state index in [0.717, 1.165) is 23.5 Å². The second-order valence-corrected chi connectivity index (χ2v) is 7.42. The fraction of sp³-hybridized carbons (Fsp3) is 0.286. The second-order valence-electron chi connectivity index (χ2n) is 6.39. The van der Waals surface area contributed by atoms with Gasteiger partial charge < -0.3 is 14.6 Å². The molecule has 0 atom stereocenters. The summed E-state index contributed by atoms with van der Waals surface area (Å²) in [5, 5.41) is 11.5. The van der Waals surface area contributed by atoms with Gasteiger partial charge in [-0.2, -0.15) is 0 Å². The van der Waals surface area contributed by atoms with Gasteiger partial charge in [-0.15, -0.1) is 11.3 Å². The fourth-order valence-electron chi connectivity index (χ4n) is 3.17. The lowest BCUT2D eigenvalue weighted by molar-refractivity contribution is 0.0707. The summed E-state index contributed by atoms with van der Waals surface area (Å²) in [4.78, 5) is 16.1. The van der Waals surface area contributed by atoms with Crippen molar-refractivity contribution in [3.63, 3.8) is 0 Å². The zero-order valence-electron chi connectivity index (χ0n) is 15.2. The molecule has 0 aliphatic rings. The smallest absolute Gasteiger partial charge is 0.256 e. The summed E-state index contributed by atoms with van der Waals surface area (Å²) in [5.41, 5.74) is 3.81. The molecule has 5 heteroatoms. The number of nitrogens with zero attached hydrogens (tertiary/aromatic N) is 2. The van der Waals surface area contributed by atoms with Crippen LogP contribution in [0, 0.1) is 13.8 Å². The molecule has 3 aromatic rings. The maximum Gasteiger partial charge on any atom is 0.256 e. The van der Waals surface area contributed by atoms with Gasteiger partial charge in [0.05, 0.1) is 18.7 Å². The van der Waals surface area contributed by atoms with Crippen molar-refractivity contribution in [2.45, 2.75) is 26.9 Å². The van der Waals surface area contributed by atoms with Gasteiger partial charge in [0.2, 0.25) is 0 Å². The van der Waals surface area contributed by atoms with Gasteiger partial charge in [0, 0.05) is 29.4 Å². The van der Waals surface area contributed by atoms with Crippen LogP contribution in [0.5, 0.6) is 0 Å². The van der Waals surface area contributed by atoms with Gasteiger partial charge in [-0.05, 0) is 36.9 Å². The summed E-state index contributed by atoms with van der Waals surface area (Å²) in [7, 11) is 0. The highest BCUT2D eigenvalue weighted by Gasteiger charge is 2.21. The van der Waals surface area contributed by atoms with Crippen LogP contribution in [0.15, 0.2) is 53.9 Å². The van der Waals surface area contributed by atoms with Crippen LogP contribution in [-0.2, 0) is 13.1 Å². The van der Waals surface area contributed by atoms with E-state index in [1.807, 2.05) is 56.3 Å². The molecule has 0 bridgehead atoms. The molecule has 0 spiro atoms. The fourth-order valence-corrected chi connectivity index (χ4v) is 3.86. The quantitative estimate of drug-likeness (QED) is 0.688. The highest BCUT2D eigenvalue weighted by molar-refractivity contribution is 7.09. The van der Waals surface area contributed by atoms with Crippen LogP contribution in [0.1, 0.15) is 32.2 Å². The standard InChI is InChI=1S/C21H24N2O2S/c1-16-13-20(17(2)23(16)15-19-9-6-12-26-19)21(25)22(10-11-24)14-18-7-4-3-5-8-18/h3-9,12-13,24H,10-11,14-15H2,1-2H3. The number of rotatable bonds is 7. The normalized spacial score (nSPS) is 10.9. The van der Waals surface area contributed by atoms with Crippen molar-refractivity contribution in [2.75, 3.05) is 13.2 Å². The first kappa shape index (κ1) is 18.4. The van der Waals surface area contributed by atoms with Gasteiger partial charge in [0.15, 0.2) is 0 Å². The summed E-state index contributed by atoms with van der Waals surface area (Å²) in [6.45, 7) is 5.57. The van der Waals surface area contributed by atoms with E-state index in [4.69, 9.17) is 0 Å². The van der Waals surface area contributed by atoms with Crippen LogP contribution < -0.4 is 0 Å². The Kier molecular flexibility index (Phi) is 5.91. The Labute approximate surface area is 158 Å². The molecule has 1 aromatic carbocycles. The van der Waals surface area contributed by atoms with Crippen molar-refractivity contribution in [3.05, 3.63) is 81.3 Å². The first-order chi connectivity index (χ1) is 12.6. The van der Waals surface area contributed by atoms with Crippen LogP contribution in [0.3, 0.4) is 0 Å². The number of hydrogen-bond acceptors (Lipinski definition) is 3. The van der Waals surface area contributed by atoms with E-state index in [2.05, 4.69) is 16.0 Å². The van der Waals surface area contributed by atoms with E-state index in [1.165, 1.54) is 4.88 Å². The van der Waals surface area contributed by atoms with E-state index < -0.39 is 0 Å². The van der Waals surface area contributed by atoms with E-state index in [-0.39, 0.29) is 12.5 Å². The average Bonchev–Trinajstić information content (AvgIpc) is 3.25. The van der Waals surface area contributed by atoms with Gasteiger partial charge in [0.25, 0.3) is 5.91 Å². The van der Waals surface area contributed by atoms with Crippen LogP contribution in [-0.4, -0.2) is 33.6 Å². The number of aromatic nitrogens is 1. The Balaban J connectivity index is 1.85. The summed E-state index contributed by atoms with van der Waals surface area (Å²) in [6, 6.07) is 16.0. The topological polar surface area (TPSA) is 45.5 Å². The van der Waals surface area contributed by atoms with Crippen molar-refractivity contribution in [2.24, 2.45) is 0 Å². The molecule has 2 heterocycles. The van der Waals surface area contributed by atoms with Crippen molar-refractivity contribution < 1.29 is 9.90 Å². The monoisotopic (exact) mass is 368 g/mol. The molecule has 0 saturated carbocycles. The number of carbonyl (C=O) groups is 1. The molecule has 1 N–H and O–H groups in total. The molecule has 0 aliphatic heterocycles. The number of amides is 1. The molecule has 0 fully saturated rings. The van der Waals surface area contributed by atoms with Crippen molar-refractivity contribution in [1.29, 1.82) is 0 Å². The third-order valence-electron chi connectivity index (χ3n) is 4.57. The first-order valence-corrected chi connectivity index (χ1v) is 9.61. The molecule has 3 rings (SSSR count). The van der Waals surface area contributed by atoms with Crippen LogP contribution in [0.2, 0.25) is 0 Å². The number of aliphatic hydroxyl groups is 1. The number of aliphatic hydroxyl groups excluding tert-OH is 1. The Hall–Kier alpha value is -2.37. The predicted molar refractivity (Wildman–Crippen MR) is 106 cm³/mol. The zero-order chi connectivity index (χ0) is 18.5. The molecule has 0 unspecified atom stereocenters. The van der Waals surface area contributed by atoms with Crippen LogP contribution in [0.4, 0.5) is 0 Å². The number of thiophene rings is 1. The minimum atomic E-state index is -0.0491. The van der Waals surface area contributed by atoms with Gasteiger partial charge in [0.1, 0.15) is 0 Å². The third kappa shape index (κ3) is 4.06. The Morgan fingerprint density at radius 2 is 1.92 bits per heavy atom. The molecule has 4 nitrogen and oxygen atoms in total. The van der Waals surface area contributed by atoms with E-state index in [9.17, 15) is 9.90 Å². The van der Waals surface area contributed by atoms with Gasteiger partial charge >= 0.3 is 0 Å². The number of aryl methyl sites for hydroxylation is 1. The highest BCUT2D eigenvalue weighted by Crippen LogP contribution is 2.21. The van der Waals surface area contributed by atoms with Crippen molar-refractivity contribution in [1.82, 2.24) is 9.47 Å².